The van der Waals surface area contributed by atoms with Crippen molar-refractivity contribution in [2.45, 2.75) is 96.0 Å². The fourth-order valence-electron chi connectivity index (χ4n) is 5.07. The van der Waals surface area contributed by atoms with Crippen LogP contribution in [0.3, 0.4) is 0 Å². The van der Waals surface area contributed by atoms with Gasteiger partial charge in [0.1, 0.15) is 0 Å². The van der Waals surface area contributed by atoms with Gasteiger partial charge in [0.2, 0.25) is 0 Å². The Kier molecular flexibility index (Phi) is 10.2. The second-order valence-electron chi connectivity index (χ2n) is 8.92. The third-order valence-corrected chi connectivity index (χ3v) is 6.86. The highest BCUT2D eigenvalue weighted by molar-refractivity contribution is 5.81. The summed E-state index contributed by atoms with van der Waals surface area (Å²) in [5.41, 5.74) is -0.720. The van der Waals surface area contributed by atoms with Gasteiger partial charge in [-0.2, -0.15) is 0 Å². The van der Waals surface area contributed by atoms with Gasteiger partial charge in [-0.25, -0.2) is 4.79 Å². The van der Waals surface area contributed by atoms with Crippen LogP contribution in [0.2, 0.25) is 0 Å². The van der Waals surface area contributed by atoms with E-state index in [-0.39, 0.29) is 5.97 Å². The molecule has 4 nitrogen and oxygen atoms in total. The lowest BCUT2D eigenvalue weighted by molar-refractivity contribution is -0.158. The molecule has 0 amide bonds. The third kappa shape index (κ3) is 7.67. The van der Waals surface area contributed by atoms with Crippen molar-refractivity contribution >= 4 is 11.9 Å². The molecular weight excluding hydrogens is 376 g/mol. The molecule has 0 atom stereocenters. The summed E-state index contributed by atoms with van der Waals surface area (Å²) in [5, 5.41) is 0. The summed E-state index contributed by atoms with van der Waals surface area (Å²) < 4.78 is 10.5. The van der Waals surface area contributed by atoms with E-state index in [2.05, 4.69) is 19.4 Å². The van der Waals surface area contributed by atoms with Gasteiger partial charge < -0.3 is 9.47 Å². The predicted molar refractivity (Wildman–Crippen MR) is 119 cm³/mol. The molecule has 2 saturated carbocycles. The zero-order valence-corrected chi connectivity index (χ0v) is 18.6. The molecule has 0 heterocycles. The highest BCUT2D eigenvalue weighted by atomic mass is 16.6. The summed E-state index contributed by atoms with van der Waals surface area (Å²) in [6, 6.07) is 0. The number of hydrogen-bond acceptors (Lipinski definition) is 4. The van der Waals surface area contributed by atoms with Gasteiger partial charge in [0.15, 0.2) is 5.60 Å². The Bertz CT molecular complexity index is 626. The Morgan fingerprint density at radius 1 is 1.13 bits per heavy atom. The van der Waals surface area contributed by atoms with Gasteiger partial charge in [0, 0.05) is 12.5 Å². The van der Waals surface area contributed by atoms with E-state index in [1.54, 1.807) is 6.08 Å². The highest BCUT2D eigenvalue weighted by Crippen LogP contribution is 2.44. The minimum atomic E-state index is -0.720. The average Bonchev–Trinajstić information content (AvgIpc) is 2.77. The van der Waals surface area contributed by atoms with Crippen molar-refractivity contribution in [1.29, 1.82) is 0 Å². The summed E-state index contributed by atoms with van der Waals surface area (Å²) in [6.07, 6.45) is 23.4. The molecule has 4 heteroatoms. The van der Waals surface area contributed by atoms with Crippen LogP contribution in [0.4, 0.5) is 0 Å². The molecule has 0 aromatic carbocycles. The predicted octanol–water partition coefficient (Wildman–Crippen LogP) is 6.11. The number of carbonyl (C=O) groups is 2. The molecule has 0 aromatic rings. The second-order valence-corrected chi connectivity index (χ2v) is 8.92. The lowest BCUT2D eigenvalue weighted by atomic mass is 9.68. The van der Waals surface area contributed by atoms with E-state index in [1.807, 2.05) is 0 Å². The first-order valence-electron chi connectivity index (χ1n) is 11.7. The first-order valence-corrected chi connectivity index (χ1v) is 11.7. The SMILES string of the molecule is C#CC1(OC(=O)CCC/C=C/OC(=O)C=C)CCC(C2CCC(CCC)CC2)CC1. The fourth-order valence-corrected chi connectivity index (χ4v) is 5.07. The molecule has 2 rings (SSSR count). The molecular formula is C26H38O4. The van der Waals surface area contributed by atoms with Crippen molar-refractivity contribution in [3.05, 3.63) is 25.0 Å². The first-order chi connectivity index (χ1) is 14.5. The largest absolute Gasteiger partial charge is 0.446 e. The van der Waals surface area contributed by atoms with Crippen molar-refractivity contribution in [2.24, 2.45) is 17.8 Å². The normalized spacial score (nSPS) is 29.1. The Hall–Kier alpha value is -2.02. The zero-order chi connectivity index (χ0) is 21.8. The summed E-state index contributed by atoms with van der Waals surface area (Å²) in [4.78, 5) is 23.2. The zero-order valence-electron chi connectivity index (χ0n) is 18.6. The van der Waals surface area contributed by atoms with Crippen LogP contribution in [0.1, 0.15) is 90.4 Å². The van der Waals surface area contributed by atoms with E-state index < -0.39 is 11.6 Å². The smallest absolute Gasteiger partial charge is 0.334 e. The second kappa shape index (κ2) is 12.6. The first kappa shape index (κ1) is 24.3. The minimum absolute atomic E-state index is 0.233. The van der Waals surface area contributed by atoms with Gasteiger partial charge in [0.05, 0.1) is 6.26 Å². The molecule has 0 saturated heterocycles. The summed E-state index contributed by atoms with van der Waals surface area (Å²) in [7, 11) is 0. The van der Waals surface area contributed by atoms with Gasteiger partial charge >= 0.3 is 11.9 Å². The lowest BCUT2D eigenvalue weighted by Crippen LogP contribution is -2.39. The van der Waals surface area contributed by atoms with Gasteiger partial charge in [-0.15, -0.1) is 6.42 Å². The monoisotopic (exact) mass is 414 g/mol. The van der Waals surface area contributed by atoms with E-state index in [0.29, 0.717) is 19.3 Å². The average molecular weight is 415 g/mol. The molecule has 0 aliphatic heterocycles. The molecule has 0 N–H and O–H groups in total. The lowest BCUT2D eigenvalue weighted by Gasteiger charge is -2.41. The van der Waals surface area contributed by atoms with Crippen molar-refractivity contribution < 1.29 is 19.1 Å². The number of unbranched alkanes of at least 4 members (excludes halogenated alkanes) is 1. The molecule has 30 heavy (non-hydrogen) atoms. The van der Waals surface area contributed by atoms with Crippen LogP contribution in [-0.4, -0.2) is 17.5 Å². The van der Waals surface area contributed by atoms with E-state index in [4.69, 9.17) is 15.9 Å². The Labute approximate surface area is 182 Å². The number of ether oxygens (including phenoxy) is 2. The Balaban J connectivity index is 1.69. The number of carbonyl (C=O) groups excluding carboxylic acids is 2. The van der Waals surface area contributed by atoms with Crippen molar-refractivity contribution in [1.82, 2.24) is 0 Å². The Morgan fingerprint density at radius 3 is 2.40 bits per heavy atom. The summed E-state index contributed by atoms with van der Waals surface area (Å²) >= 11 is 0. The third-order valence-electron chi connectivity index (χ3n) is 6.86. The molecule has 0 aromatic heterocycles. The van der Waals surface area contributed by atoms with Crippen LogP contribution in [0, 0.1) is 30.1 Å². The molecule has 0 radical (unpaired) electrons. The number of esters is 2. The number of hydrogen-bond donors (Lipinski definition) is 0. The summed E-state index contributed by atoms with van der Waals surface area (Å²) in [6.45, 7) is 5.61. The number of rotatable bonds is 10. The highest BCUT2D eigenvalue weighted by Gasteiger charge is 2.39. The van der Waals surface area contributed by atoms with Gasteiger partial charge in [0.25, 0.3) is 0 Å². The molecule has 2 aliphatic rings. The van der Waals surface area contributed by atoms with E-state index in [0.717, 1.165) is 49.5 Å². The topological polar surface area (TPSA) is 52.6 Å². The van der Waals surface area contributed by atoms with Crippen LogP contribution in [0.15, 0.2) is 25.0 Å². The maximum Gasteiger partial charge on any atom is 0.334 e. The maximum absolute atomic E-state index is 12.3. The Morgan fingerprint density at radius 2 is 1.80 bits per heavy atom. The minimum Gasteiger partial charge on any atom is -0.446 e. The van der Waals surface area contributed by atoms with E-state index >= 15 is 0 Å². The molecule has 0 unspecified atom stereocenters. The standard InChI is InChI=1S/C26H38O4/c1-4-10-21-12-14-22(15-13-21)23-16-18-26(6-3,19-17-23)30-25(28)11-8-7-9-20-29-24(27)5-2/h3,5,9,20-23H,2,4,7-8,10-19H2,1H3/b20-9+. The molecule has 166 valence electrons. The van der Waals surface area contributed by atoms with Gasteiger partial charge in [-0.1, -0.05) is 45.1 Å². The maximum atomic E-state index is 12.3. The molecule has 0 spiro atoms. The van der Waals surface area contributed by atoms with E-state index in [9.17, 15) is 9.59 Å². The number of allylic oxidation sites excluding steroid dienone is 1. The van der Waals surface area contributed by atoms with Crippen molar-refractivity contribution in [3.63, 3.8) is 0 Å². The van der Waals surface area contributed by atoms with Crippen molar-refractivity contribution in [2.75, 3.05) is 0 Å². The fraction of sp³-hybridized carbons (Fsp3) is 0.692. The van der Waals surface area contributed by atoms with Crippen molar-refractivity contribution in [3.8, 4) is 12.3 Å². The van der Waals surface area contributed by atoms with Crippen LogP contribution >= 0.6 is 0 Å². The molecule has 2 aliphatic carbocycles. The number of terminal acetylenes is 1. The van der Waals surface area contributed by atoms with Crippen LogP contribution < -0.4 is 0 Å². The molecule has 0 bridgehead atoms. The van der Waals surface area contributed by atoms with Gasteiger partial charge in [-0.05, 0) is 75.2 Å². The van der Waals surface area contributed by atoms with Crippen LogP contribution in [0.5, 0.6) is 0 Å². The van der Waals surface area contributed by atoms with Crippen LogP contribution in [0.25, 0.3) is 0 Å². The quantitative estimate of drug-likeness (QED) is 0.142. The molecule has 2 fully saturated rings. The van der Waals surface area contributed by atoms with E-state index in [1.165, 1.54) is 44.8 Å². The van der Waals surface area contributed by atoms with Crippen LogP contribution in [-0.2, 0) is 19.1 Å². The van der Waals surface area contributed by atoms with Gasteiger partial charge in [-0.3, -0.25) is 4.79 Å². The summed E-state index contributed by atoms with van der Waals surface area (Å²) in [5.74, 6) is 4.57.